The van der Waals surface area contributed by atoms with Crippen molar-refractivity contribution in [1.29, 1.82) is 0 Å². The molecule has 5 rings (SSSR count). The molecule has 0 N–H and O–H groups in total. The van der Waals surface area contributed by atoms with Crippen molar-refractivity contribution in [2.45, 2.75) is 127 Å². The highest BCUT2D eigenvalue weighted by molar-refractivity contribution is 7.87. The van der Waals surface area contributed by atoms with Crippen LogP contribution in [-0.2, 0) is 76.1 Å². The normalized spacial score (nSPS) is 27.9. The topological polar surface area (TPSA) is 203 Å². The highest BCUT2D eigenvalue weighted by atomic mass is 32.2. The minimum absolute atomic E-state index is 0.125. The Morgan fingerprint density at radius 1 is 0.673 bits per heavy atom. The van der Waals surface area contributed by atoms with Crippen molar-refractivity contribution in [3.63, 3.8) is 0 Å². The van der Waals surface area contributed by atoms with Gasteiger partial charge in [-0.1, -0.05) is 42.3 Å². The lowest BCUT2D eigenvalue weighted by atomic mass is 10.1. The van der Waals surface area contributed by atoms with E-state index in [2.05, 4.69) is 0 Å². The number of carbonyl (C=O) groups is 3. The van der Waals surface area contributed by atoms with Crippen LogP contribution in [0.1, 0.15) is 59.1 Å². The molecule has 8 atom stereocenters. The average Bonchev–Trinajstić information content (AvgIpc) is 3.62. The highest BCUT2D eigenvalue weighted by Crippen LogP contribution is 2.40. The average molecular weight is 773 g/mol. The fraction of sp³-hybridized carbons (Fsp3) is 0.559. The number of carbonyl (C=O) groups excluding carboxylic acids is 3. The summed E-state index contributed by atoms with van der Waals surface area (Å²) in [5, 5.41) is 0. The Hall–Kier alpha value is -3.49. The molecule has 0 spiro atoms. The molecule has 18 heteroatoms. The first-order valence-electron chi connectivity index (χ1n) is 16.4. The van der Waals surface area contributed by atoms with Crippen LogP contribution in [-0.4, -0.2) is 96.3 Å². The second-order valence-electron chi connectivity index (χ2n) is 12.7. The van der Waals surface area contributed by atoms with Gasteiger partial charge in [0.1, 0.15) is 24.9 Å². The van der Waals surface area contributed by atoms with Gasteiger partial charge in [-0.15, -0.1) is 0 Å². The summed E-state index contributed by atoms with van der Waals surface area (Å²) in [6.07, 6.45) is -7.09. The highest BCUT2D eigenvalue weighted by Gasteiger charge is 2.56. The summed E-state index contributed by atoms with van der Waals surface area (Å²) in [4.78, 5) is 34.0. The van der Waals surface area contributed by atoms with Gasteiger partial charge in [0, 0.05) is 20.8 Å². The Labute approximate surface area is 303 Å². The van der Waals surface area contributed by atoms with E-state index in [4.69, 9.17) is 41.5 Å². The second kappa shape index (κ2) is 16.7. The molecule has 52 heavy (non-hydrogen) atoms. The van der Waals surface area contributed by atoms with Crippen LogP contribution in [0, 0.1) is 13.8 Å². The molecule has 0 radical (unpaired) electrons. The summed E-state index contributed by atoms with van der Waals surface area (Å²) in [5.41, 5.74) is 1.82. The van der Waals surface area contributed by atoms with E-state index in [0.29, 0.717) is 6.42 Å². The lowest BCUT2D eigenvalue weighted by molar-refractivity contribution is -0.213. The minimum atomic E-state index is -4.30. The van der Waals surface area contributed by atoms with Gasteiger partial charge in [-0.05, 0) is 58.4 Å². The van der Waals surface area contributed by atoms with Gasteiger partial charge in [0.25, 0.3) is 20.2 Å². The summed E-state index contributed by atoms with van der Waals surface area (Å²) < 4.78 is 98.9. The fourth-order valence-electron chi connectivity index (χ4n) is 5.52. The van der Waals surface area contributed by atoms with Crippen LogP contribution in [0.2, 0.25) is 0 Å². The molecule has 0 aromatic heterocycles. The van der Waals surface area contributed by atoms with Gasteiger partial charge < -0.3 is 33.2 Å². The summed E-state index contributed by atoms with van der Waals surface area (Å²) in [6.45, 7) is 12.1. The number of benzene rings is 2. The zero-order valence-electron chi connectivity index (χ0n) is 30.0. The van der Waals surface area contributed by atoms with Crippen molar-refractivity contribution in [1.82, 2.24) is 0 Å². The molecule has 3 heterocycles. The van der Waals surface area contributed by atoms with Crippen molar-refractivity contribution >= 4 is 38.1 Å². The van der Waals surface area contributed by atoms with Crippen LogP contribution >= 0.6 is 0 Å². The van der Waals surface area contributed by atoms with Crippen molar-refractivity contribution in [2.24, 2.45) is 0 Å². The van der Waals surface area contributed by atoms with Crippen LogP contribution in [0.4, 0.5) is 0 Å². The van der Waals surface area contributed by atoms with Gasteiger partial charge in [-0.25, -0.2) is 0 Å². The van der Waals surface area contributed by atoms with Crippen molar-refractivity contribution in [2.75, 3.05) is 6.61 Å². The van der Waals surface area contributed by atoms with Crippen LogP contribution in [0.15, 0.2) is 58.3 Å². The zero-order chi connectivity index (χ0) is 38.6. The Morgan fingerprint density at radius 2 is 1.17 bits per heavy atom. The maximum atomic E-state index is 12.7. The molecule has 0 aliphatic carbocycles. The molecule has 3 aliphatic rings. The predicted octanol–water partition coefficient (Wildman–Crippen LogP) is 3.21. The lowest BCUT2D eigenvalue weighted by Gasteiger charge is -2.24. The number of rotatable bonds is 11. The zero-order valence-corrected chi connectivity index (χ0v) is 31.6. The molecule has 0 saturated carbocycles. The predicted molar refractivity (Wildman–Crippen MR) is 178 cm³/mol. The van der Waals surface area contributed by atoms with Crippen LogP contribution in [0.25, 0.3) is 0 Å². The number of esters is 3. The molecule has 1 unspecified atom stereocenters. The number of hydrogen-bond acceptors (Lipinski definition) is 16. The molecule has 16 nitrogen and oxygen atoms in total. The summed E-state index contributed by atoms with van der Waals surface area (Å²) in [7, 11) is -8.20. The number of fused-ring (bicyclic) bond motifs is 1. The van der Waals surface area contributed by atoms with E-state index in [1.54, 1.807) is 45.0 Å². The Morgan fingerprint density at radius 3 is 1.63 bits per heavy atom. The van der Waals surface area contributed by atoms with E-state index in [-0.39, 0.29) is 15.9 Å². The summed E-state index contributed by atoms with van der Waals surface area (Å²) in [6, 6.07) is 12.4. The summed E-state index contributed by atoms with van der Waals surface area (Å²) in [5.74, 6) is -2.98. The summed E-state index contributed by atoms with van der Waals surface area (Å²) >= 11 is 0. The first-order chi connectivity index (χ1) is 24.2. The van der Waals surface area contributed by atoms with Gasteiger partial charge in [-0.2, -0.15) is 16.8 Å². The first-order valence-corrected chi connectivity index (χ1v) is 19.2. The Kier molecular flexibility index (Phi) is 13.2. The number of aryl methyl sites for hydroxylation is 2. The first kappa shape index (κ1) is 41.3. The molecule has 0 bridgehead atoms. The fourth-order valence-corrected chi connectivity index (χ4v) is 7.73. The van der Waals surface area contributed by atoms with E-state index in [9.17, 15) is 31.2 Å². The van der Waals surface area contributed by atoms with Crippen LogP contribution in [0.5, 0.6) is 0 Å². The van der Waals surface area contributed by atoms with Crippen molar-refractivity contribution in [3.8, 4) is 0 Å². The van der Waals surface area contributed by atoms with Gasteiger partial charge in [-0.3, -0.25) is 22.7 Å². The van der Waals surface area contributed by atoms with E-state index >= 15 is 0 Å². The molecular weight excluding hydrogens is 728 g/mol. The molecule has 3 aliphatic heterocycles. The third-order valence-electron chi connectivity index (χ3n) is 7.89. The van der Waals surface area contributed by atoms with Crippen LogP contribution in [0.3, 0.4) is 0 Å². The van der Waals surface area contributed by atoms with Crippen molar-refractivity contribution in [3.05, 3.63) is 59.7 Å². The smallest absolute Gasteiger partial charge is 0.305 e. The quantitative estimate of drug-likeness (QED) is 0.183. The van der Waals surface area contributed by atoms with E-state index in [1.807, 2.05) is 13.8 Å². The third-order valence-corrected chi connectivity index (χ3v) is 10.5. The van der Waals surface area contributed by atoms with Gasteiger partial charge >= 0.3 is 17.9 Å². The van der Waals surface area contributed by atoms with Gasteiger partial charge in [0.2, 0.25) is 6.29 Å². The van der Waals surface area contributed by atoms with E-state index in [0.717, 1.165) is 31.9 Å². The van der Waals surface area contributed by atoms with Crippen LogP contribution < -0.4 is 0 Å². The van der Waals surface area contributed by atoms with E-state index < -0.39 is 93.6 Å². The largest absolute Gasteiger partial charge is 0.463 e. The minimum Gasteiger partial charge on any atom is -0.463 e. The third kappa shape index (κ3) is 10.6. The maximum Gasteiger partial charge on any atom is 0.305 e. The molecule has 0 amide bonds. The Balaban J connectivity index is 0.000000238. The van der Waals surface area contributed by atoms with E-state index in [1.165, 1.54) is 24.3 Å². The number of hydrogen-bond donors (Lipinski definition) is 0. The number of ether oxygens (including phenoxy) is 7. The standard InChI is InChI=1S/C18H22O10S.C16H22O6S/c1-10-5-7-14(8-6-10)29(22,23)28-16-15(9-24-11(2)19)27-18(26-13(4)21)17(16)25-12(3)20;1-5-12-13(14-15(19-12)21-16(3,4)20-14)22-23(17,18)11-8-6-10(2)7-9-11/h5-8,15-18H,9H2,1-4H3;6-9,12-15H,5H2,1-4H3/t15-,16+,17-,18?;12-,13+,14-,15-/m11/s1. The van der Waals surface area contributed by atoms with Gasteiger partial charge in [0.15, 0.2) is 24.3 Å². The second-order valence-corrected chi connectivity index (χ2v) is 15.9. The molecule has 2 aromatic carbocycles. The molecular formula is C34H44O16S2. The molecule has 3 fully saturated rings. The molecule has 288 valence electrons. The molecule has 2 aromatic rings. The van der Waals surface area contributed by atoms with Gasteiger partial charge in [0.05, 0.1) is 15.9 Å². The lowest BCUT2D eigenvalue weighted by Crippen LogP contribution is -2.42. The molecule has 3 saturated heterocycles. The monoisotopic (exact) mass is 772 g/mol. The Bertz CT molecular complexity index is 1790. The van der Waals surface area contributed by atoms with Crippen molar-refractivity contribution < 1.29 is 72.7 Å². The SMILES string of the molecule is CC(=O)OC[C@H]1OC(OC(C)=O)[C@H](OC(C)=O)[C@H]1OS(=O)(=O)c1ccc(C)cc1.CC[C@H]1O[C@@H]2OC(C)(C)O[C@@H]2[C@H]1OS(=O)(=O)c1ccc(C)cc1. The maximum absolute atomic E-state index is 12.7.